The second-order valence-corrected chi connectivity index (χ2v) is 4.29. The molecule has 5 heteroatoms. The summed E-state index contributed by atoms with van der Waals surface area (Å²) in [7, 11) is 1.58. The summed E-state index contributed by atoms with van der Waals surface area (Å²) in [6, 6.07) is 5.06. The standard InChI is InChI=1S/C13H20F2N2O/c1-4-16-9(2)11-6-5-10(7-12(11)18)17(3)8-13(14)15/h5-7,9,13,16,18H,4,8H2,1-3H3. The first-order chi connectivity index (χ1) is 8.45. The monoisotopic (exact) mass is 258 g/mol. The summed E-state index contributed by atoms with van der Waals surface area (Å²) in [5.41, 5.74) is 1.35. The first-order valence-corrected chi connectivity index (χ1v) is 6.01. The zero-order valence-electron chi connectivity index (χ0n) is 11.0. The van der Waals surface area contributed by atoms with Crippen LogP contribution >= 0.6 is 0 Å². The molecular weight excluding hydrogens is 238 g/mol. The van der Waals surface area contributed by atoms with Gasteiger partial charge in [0.25, 0.3) is 6.43 Å². The molecule has 1 rings (SSSR count). The van der Waals surface area contributed by atoms with Crippen molar-refractivity contribution in [2.24, 2.45) is 0 Å². The number of hydrogen-bond donors (Lipinski definition) is 2. The zero-order valence-corrected chi connectivity index (χ0v) is 11.0. The molecule has 2 N–H and O–H groups in total. The highest BCUT2D eigenvalue weighted by molar-refractivity contribution is 5.53. The number of alkyl halides is 2. The Kier molecular flexibility index (Phi) is 5.34. The van der Waals surface area contributed by atoms with Crippen LogP contribution in [-0.2, 0) is 0 Å². The van der Waals surface area contributed by atoms with Crippen molar-refractivity contribution < 1.29 is 13.9 Å². The van der Waals surface area contributed by atoms with E-state index in [2.05, 4.69) is 5.32 Å². The number of anilines is 1. The van der Waals surface area contributed by atoms with Crippen LogP contribution in [0.15, 0.2) is 18.2 Å². The molecule has 1 atom stereocenters. The zero-order chi connectivity index (χ0) is 13.7. The first kappa shape index (κ1) is 14.7. The van der Waals surface area contributed by atoms with E-state index < -0.39 is 6.43 Å². The molecule has 0 saturated carbocycles. The van der Waals surface area contributed by atoms with Crippen molar-refractivity contribution in [3.8, 4) is 5.75 Å². The van der Waals surface area contributed by atoms with Crippen molar-refractivity contribution in [1.29, 1.82) is 0 Å². The number of benzene rings is 1. The molecule has 0 amide bonds. The van der Waals surface area contributed by atoms with E-state index in [1.54, 1.807) is 19.2 Å². The summed E-state index contributed by atoms with van der Waals surface area (Å²) in [6.07, 6.45) is -2.39. The van der Waals surface area contributed by atoms with Gasteiger partial charge in [-0.15, -0.1) is 0 Å². The second kappa shape index (κ2) is 6.54. The van der Waals surface area contributed by atoms with Crippen LogP contribution in [0.1, 0.15) is 25.5 Å². The van der Waals surface area contributed by atoms with E-state index >= 15 is 0 Å². The van der Waals surface area contributed by atoms with Crippen LogP contribution < -0.4 is 10.2 Å². The van der Waals surface area contributed by atoms with Gasteiger partial charge in [0.05, 0.1) is 6.54 Å². The average molecular weight is 258 g/mol. The van der Waals surface area contributed by atoms with Gasteiger partial charge < -0.3 is 15.3 Å². The minimum atomic E-state index is -2.39. The van der Waals surface area contributed by atoms with Crippen LogP contribution in [-0.4, -0.2) is 31.7 Å². The van der Waals surface area contributed by atoms with Gasteiger partial charge in [-0.3, -0.25) is 0 Å². The Balaban J connectivity index is 2.85. The molecule has 1 aromatic carbocycles. The highest BCUT2D eigenvalue weighted by Crippen LogP contribution is 2.28. The van der Waals surface area contributed by atoms with Crippen molar-refractivity contribution in [2.45, 2.75) is 26.3 Å². The number of rotatable bonds is 6. The van der Waals surface area contributed by atoms with Crippen LogP contribution in [0.3, 0.4) is 0 Å². The molecule has 102 valence electrons. The molecule has 0 aliphatic carbocycles. The molecule has 0 heterocycles. The van der Waals surface area contributed by atoms with Gasteiger partial charge >= 0.3 is 0 Å². The summed E-state index contributed by atoms with van der Waals surface area (Å²) >= 11 is 0. The SMILES string of the molecule is CCNC(C)c1ccc(N(C)CC(F)F)cc1O. The number of aromatic hydroxyl groups is 1. The lowest BCUT2D eigenvalue weighted by Gasteiger charge is -2.21. The maximum atomic E-state index is 12.3. The molecular formula is C13H20F2N2O. The number of phenols is 1. The summed E-state index contributed by atoms with van der Waals surface area (Å²) in [4.78, 5) is 1.42. The Morgan fingerprint density at radius 1 is 1.39 bits per heavy atom. The van der Waals surface area contributed by atoms with Gasteiger partial charge in [0.1, 0.15) is 5.75 Å². The molecule has 3 nitrogen and oxygen atoms in total. The number of nitrogens with zero attached hydrogens (tertiary/aromatic N) is 1. The van der Waals surface area contributed by atoms with Crippen molar-refractivity contribution in [1.82, 2.24) is 5.32 Å². The lowest BCUT2D eigenvalue weighted by Crippen LogP contribution is -2.24. The van der Waals surface area contributed by atoms with Crippen molar-refractivity contribution >= 4 is 5.69 Å². The van der Waals surface area contributed by atoms with Gasteiger partial charge in [-0.2, -0.15) is 0 Å². The Hall–Kier alpha value is -1.36. The van der Waals surface area contributed by atoms with Gasteiger partial charge in [-0.25, -0.2) is 8.78 Å². The normalized spacial score (nSPS) is 12.8. The van der Waals surface area contributed by atoms with Gasteiger partial charge in [0.15, 0.2) is 0 Å². The van der Waals surface area contributed by atoms with E-state index in [-0.39, 0.29) is 18.3 Å². The van der Waals surface area contributed by atoms with E-state index in [4.69, 9.17) is 0 Å². The lowest BCUT2D eigenvalue weighted by atomic mass is 10.1. The predicted octanol–water partition coefficient (Wildman–Crippen LogP) is 2.76. The smallest absolute Gasteiger partial charge is 0.255 e. The van der Waals surface area contributed by atoms with E-state index in [0.29, 0.717) is 5.69 Å². The molecule has 0 bridgehead atoms. The molecule has 0 aliphatic rings. The first-order valence-electron chi connectivity index (χ1n) is 6.01. The van der Waals surface area contributed by atoms with E-state index in [1.807, 2.05) is 13.8 Å². The van der Waals surface area contributed by atoms with Crippen LogP contribution in [0.5, 0.6) is 5.75 Å². The Morgan fingerprint density at radius 2 is 2.06 bits per heavy atom. The maximum Gasteiger partial charge on any atom is 0.255 e. The highest BCUT2D eigenvalue weighted by atomic mass is 19.3. The molecule has 0 spiro atoms. The second-order valence-electron chi connectivity index (χ2n) is 4.29. The third kappa shape index (κ3) is 3.84. The number of halogens is 2. The molecule has 0 fully saturated rings. The third-order valence-corrected chi connectivity index (χ3v) is 2.84. The highest BCUT2D eigenvalue weighted by Gasteiger charge is 2.13. The van der Waals surface area contributed by atoms with Gasteiger partial charge in [-0.05, 0) is 19.5 Å². The van der Waals surface area contributed by atoms with Crippen LogP contribution in [0.2, 0.25) is 0 Å². The summed E-state index contributed by atoms with van der Waals surface area (Å²) in [5.74, 6) is 0.127. The third-order valence-electron chi connectivity index (χ3n) is 2.84. The van der Waals surface area contributed by atoms with E-state index in [9.17, 15) is 13.9 Å². The summed E-state index contributed by atoms with van der Waals surface area (Å²) < 4.78 is 24.5. The summed E-state index contributed by atoms with van der Waals surface area (Å²) in [5, 5.41) is 13.1. The van der Waals surface area contributed by atoms with Gasteiger partial charge in [0.2, 0.25) is 0 Å². The van der Waals surface area contributed by atoms with Crippen molar-refractivity contribution in [3.63, 3.8) is 0 Å². The fraction of sp³-hybridized carbons (Fsp3) is 0.538. The minimum Gasteiger partial charge on any atom is -0.508 e. The Labute approximate surface area is 106 Å². The van der Waals surface area contributed by atoms with Gasteiger partial charge in [-0.1, -0.05) is 13.0 Å². The summed E-state index contributed by atoms with van der Waals surface area (Å²) in [6.45, 7) is 4.38. The minimum absolute atomic E-state index is 0.0319. The molecule has 0 aliphatic heterocycles. The lowest BCUT2D eigenvalue weighted by molar-refractivity contribution is 0.156. The van der Waals surface area contributed by atoms with Crippen LogP contribution in [0.25, 0.3) is 0 Å². The largest absolute Gasteiger partial charge is 0.508 e. The predicted molar refractivity (Wildman–Crippen MR) is 69.5 cm³/mol. The van der Waals surface area contributed by atoms with Crippen LogP contribution in [0.4, 0.5) is 14.5 Å². The topological polar surface area (TPSA) is 35.5 Å². The Morgan fingerprint density at radius 3 is 2.56 bits per heavy atom. The van der Waals surface area contributed by atoms with Crippen molar-refractivity contribution in [3.05, 3.63) is 23.8 Å². The fourth-order valence-corrected chi connectivity index (χ4v) is 1.86. The fourth-order valence-electron chi connectivity index (χ4n) is 1.86. The van der Waals surface area contributed by atoms with Crippen LogP contribution in [0, 0.1) is 0 Å². The molecule has 18 heavy (non-hydrogen) atoms. The maximum absolute atomic E-state index is 12.3. The molecule has 1 aromatic rings. The molecule has 1 unspecified atom stereocenters. The van der Waals surface area contributed by atoms with E-state index in [0.717, 1.165) is 12.1 Å². The van der Waals surface area contributed by atoms with Crippen molar-refractivity contribution in [2.75, 3.05) is 25.0 Å². The average Bonchev–Trinajstić information content (AvgIpc) is 2.28. The number of nitrogens with one attached hydrogen (secondary N) is 1. The number of hydrogen-bond acceptors (Lipinski definition) is 3. The number of phenolic OH excluding ortho intramolecular Hbond substituents is 1. The Bertz CT molecular complexity index is 385. The quantitative estimate of drug-likeness (QED) is 0.823. The van der Waals surface area contributed by atoms with Gasteiger partial charge in [0, 0.05) is 30.4 Å². The van der Waals surface area contributed by atoms with E-state index in [1.165, 1.54) is 11.0 Å². The molecule has 0 saturated heterocycles. The molecule has 0 aromatic heterocycles. The molecule has 0 radical (unpaired) electrons.